The number of hydrogen-bond acceptors (Lipinski definition) is 1. The van der Waals surface area contributed by atoms with E-state index in [1.54, 1.807) is 6.26 Å². The smallest absolute Gasteiger partial charge is 0.126 e. The number of rotatable bonds is 5. The van der Waals surface area contributed by atoms with E-state index in [4.69, 9.17) is 4.74 Å². The third-order valence-corrected chi connectivity index (χ3v) is 3.16. The van der Waals surface area contributed by atoms with E-state index < -0.39 is 0 Å². The zero-order chi connectivity index (χ0) is 15.4. The van der Waals surface area contributed by atoms with Crippen LogP contribution in [0.4, 0.5) is 0 Å². The topological polar surface area (TPSA) is 9.23 Å². The minimum absolute atomic E-state index is 0.171. The van der Waals surface area contributed by atoms with Gasteiger partial charge >= 0.3 is 0 Å². The second-order valence-electron chi connectivity index (χ2n) is 7.41. The highest BCUT2D eigenvalue weighted by Crippen LogP contribution is 2.36. The minimum Gasteiger partial charge on any atom is -0.465 e. The first-order chi connectivity index (χ1) is 9.10. The van der Waals surface area contributed by atoms with Gasteiger partial charge in [-0.15, -0.1) is 0 Å². The van der Waals surface area contributed by atoms with Crippen molar-refractivity contribution in [3.05, 3.63) is 54.3 Å². The Kier molecular flexibility index (Phi) is 5.21. The molecule has 1 aromatic rings. The van der Waals surface area contributed by atoms with Crippen molar-refractivity contribution in [1.29, 1.82) is 0 Å². The lowest BCUT2D eigenvalue weighted by Gasteiger charge is -2.33. The summed E-state index contributed by atoms with van der Waals surface area (Å²) in [5, 5.41) is 0. The lowest BCUT2D eigenvalue weighted by molar-refractivity contribution is 0.284. The molecule has 0 heterocycles. The molecular weight excluding hydrogens is 244 g/mol. The van der Waals surface area contributed by atoms with Crippen LogP contribution in [0.3, 0.4) is 0 Å². The summed E-state index contributed by atoms with van der Waals surface area (Å²) in [6, 6.07) is 8.39. The van der Waals surface area contributed by atoms with Crippen LogP contribution in [0.15, 0.2) is 48.8 Å². The Balaban J connectivity index is 2.78. The Labute approximate surface area is 124 Å². The molecule has 0 unspecified atom stereocenters. The molecule has 0 saturated heterocycles. The van der Waals surface area contributed by atoms with Crippen LogP contribution < -0.4 is 4.74 Å². The van der Waals surface area contributed by atoms with Crippen molar-refractivity contribution in [2.24, 2.45) is 5.41 Å². The third-order valence-electron chi connectivity index (χ3n) is 3.16. The summed E-state index contributed by atoms with van der Waals surface area (Å²) in [5.74, 6) is 0.859. The van der Waals surface area contributed by atoms with E-state index in [-0.39, 0.29) is 5.41 Å². The highest BCUT2D eigenvalue weighted by Gasteiger charge is 2.27. The predicted molar refractivity (Wildman–Crippen MR) is 88.1 cm³/mol. The van der Waals surface area contributed by atoms with E-state index in [1.165, 1.54) is 5.56 Å². The van der Waals surface area contributed by atoms with Gasteiger partial charge in [0.25, 0.3) is 0 Å². The van der Waals surface area contributed by atoms with Crippen molar-refractivity contribution < 1.29 is 4.74 Å². The Morgan fingerprint density at radius 1 is 1.10 bits per heavy atom. The predicted octanol–water partition coefficient (Wildman–Crippen LogP) is 5.87. The highest BCUT2D eigenvalue weighted by molar-refractivity contribution is 5.32. The number of allylic oxidation sites excluding steroid dienone is 2. The molecule has 0 aliphatic rings. The van der Waals surface area contributed by atoms with Crippen LogP contribution in [0.1, 0.15) is 53.5 Å². The molecule has 110 valence electrons. The molecule has 0 aliphatic carbocycles. The minimum atomic E-state index is 0.171. The van der Waals surface area contributed by atoms with Crippen molar-refractivity contribution in [2.45, 2.75) is 53.4 Å². The number of hydrogen-bond donors (Lipinski definition) is 0. The van der Waals surface area contributed by atoms with E-state index in [0.29, 0.717) is 5.41 Å². The lowest BCUT2D eigenvalue weighted by atomic mass is 9.72. The van der Waals surface area contributed by atoms with Gasteiger partial charge in [-0.3, -0.25) is 0 Å². The van der Waals surface area contributed by atoms with Gasteiger partial charge in [-0.25, -0.2) is 0 Å². The van der Waals surface area contributed by atoms with Gasteiger partial charge in [0.05, 0.1) is 6.26 Å². The molecule has 1 heteroatoms. The Morgan fingerprint density at radius 3 is 2.10 bits per heavy atom. The summed E-state index contributed by atoms with van der Waals surface area (Å²) >= 11 is 0. The molecule has 0 aromatic heterocycles. The molecule has 0 atom stereocenters. The second-order valence-corrected chi connectivity index (χ2v) is 7.41. The van der Waals surface area contributed by atoms with Crippen LogP contribution in [0.2, 0.25) is 0 Å². The monoisotopic (exact) mass is 272 g/mol. The summed E-state index contributed by atoms with van der Waals surface area (Å²) in [6.45, 7) is 17.2. The van der Waals surface area contributed by atoms with Crippen LogP contribution in [0, 0.1) is 5.41 Å². The van der Waals surface area contributed by atoms with Gasteiger partial charge in [0.1, 0.15) is 5.75 Å². The van der Waals surface area contributed by atoms with E-state index in [1.807, 2.05) is 25.1 Å². The summed E-state index contributed by atoms with van der Waals surface area (Å²) in [6.07, 6.45) is 4.69. The number of ether oxygens (including phenoxy) is 1. The maximum Gasteiger partial charge on any atom is 0.126 e. The summed E-state index contributed by atoms with van der Waals surface area (Å²) < 4.78 is 5.54. The molecule has 0 fully saturated rings. The Bertz CT molecular complexity index is 469. The molecule has 0 N–H and O–H groups in total. The molecule has 1 rings (SSSR count). The Hall–Kier alpha value is -1.50. The first kappa shape index (κ1) is 16.6. The Morgan fingerprint density at radius 2 is 1.65 bits per heavy atom. The zero-order valence-electron chi connectivity index (χ0n) is 13.8. The number of benzene rings is 1. The van der Waals surface area contributed by atoms with Gasteiger partial charge in [0.2, 0.25) is 0 Å². The fourth-order valence-electron chi connectivity index (χ4n) is 2.64. The molecule has 0 spiro atoms. The van der Waals surface area contributed by atoms with Gasteiger partial charge in [0, 0.05) is 0 Å². The van der Waals surface area contributed by atoms with Gasteiger partial charge < -0.3 is 4.74 Å². The molecule has 20 heavy (non-hydrogen) atoms. The van der Waals surface area contributed by atoms with Crippen molar-refractivity contribution in [2.75, 3.05) is 0 Å². The largest absolute Gasteiger partial charge is 0.465 e. The standard InChI is InChI=1S/C19H28O/c1-15(2)12-13-20-17-10-8-16(9-11-17)19(6,7)14-18(3,4)5/h8-13H,1,14H2,2-7H3/b13-12+. The zero-order valence-corrected chi connectivity index (χ0v) is 13.8. The lowest BCUT2D eigenvalue weighted by Crippen LogP contribution is -2.24. The molecular formula is C19H28O. The van der Waals surface area contributed by atoms with Crippen LogP contribution in [0.25, 0.3) is 0 Å². The highest BCUT2D eigenvalue weighted by atomic mass is 16.5. The molecule has 0 bridgehead atoms. The second kappa shape index (κ2) is 6.30. The van der Waals surface area contributed by atoms with E-state index in [0.717, 1.165) is 17.7 Å². The van der Waals surface area contributed by atoms with Gasteiger partial charge in [-0.1, -0.05) is 58.9 Å². The van der Waals surface area contributed by atoms with Gasteiger partial charge in [0.15, 0.2) is 0 Å². The first-order valence-corrected chi connectivity index (χ1v) is 7.19. The molecule has 0 radical (unpaired) electrons. The summed E-state index contributed by atoms with van der Waals surface area (Å²) in [4.78, 5) is 0. The molecule has 1 nitrogen and oxygen atoms in total. The van der Waals surface area contributed by atoms with Crippen LogP contribution >= 0.6 is 0 Å². The van der Waals surface area contributed by atoms with Crippen molar-refractivity contribution in [3.8, 4) is 5.75 Å². The summed E-state index contributed by atoms with van der Waals surface area (Å²) in [7, 11) is 0. The fourth-order valence-corrected chi connectivity index (χ4v) is 2.64. The molecule has 1 aromatic carbocycles. The van der Waals surface area contributed by atoms with E-state index in [9.17, 15) is 0 Å². The third kappa shape index (κ3) is 5.64. The molecule has 0 aliphatic heterocycles. The summed E-state index contributed by atoms with van der Waals surface area (Å²) in [5.41, 5.74) is 2.82. The maximum absolute atomic E-state index is 5.54. The SMILES string of the molecule is C=C(C)/C=C/Oc1ccc(C(C)(C)CC(C)(C)C)cc1. The average Bonchev–Trinajstić information content (AvgIpc) is 2.26. The normalized spacial score (nSPS) is 12.7. The fraction of sp³-hybridized carbons (Fsp3) is 0.474. The van der Waals surface area contributed by atoms with Gasteiger partial charge in [-0.05, 0) is 47.9 Å². The van der Waals surface area contributed by atoms with Crippen LogP contribution in [0.5, 0.6) is 5.75 Å². The van der Waals surface area contributed by atoms with Crippen molar-refractivity contribution in [3.63, 3.8) is 0 Å². The van der Waals surface area contributed by atoms with E-state index >= 15 is 0 Å². The quantitative estimate of drug-likeness (QED) is 0.481. The van der Waals surface area contributed by atoms with Gasteiger partial charge in [-0.2, -0.15) is 0 Å². The average molecular weight is 272 g/mol. The van der Waals surface area contributed by atoms with Crippen LogP contribution in [-0.4, -0.2) is 0 Å². The molecule has 0 amide bonds. The van der Waals surface area contributed by atoms with Crippen molar-refractivity contribution >= 4 is 0 Å². The maximum atomic E-state index is 5.54. The van der Waals surface area contributed by atoms with E-state index in [2.05, 4.69) is 53.3 Å². The first-order valence-electron chi connectivity index (χ1n) is 7.19. The molecule has 0 saturated carbocycles. The van der Waals surface area contributed by atoms with Crippen LogP contribution in [-0.2, 0) is 5.41 Å². The van der Waals surface area contributed by atoms with Crippen molar-refractivity contribution in [1.82, 2.24) is 0 Å².